The summed E-state index contributed by atoms with van der Waals surface area (Å²) in [5.74, 6) is -1.23. The van der Waals surface area contributed by atoms with E-state index in [4.69, 9.17) is 23.1 Å². The van der Waals surface area contributed by atoms with Gasteiger partial charge in [0.2, 0.25) is 0 Å². The summed E-state index contributed by atoms with van der Waals surface area (Å²) in [5, 5.41) is 13.0. The fourth-order valence-corrected chi connectivity index (χ4v) is 4.05. The summed E-state index contributed by atoms with van der Waals surface area (Å²) in [6.45, 7) is 10.5. The van der Waals surface area contributed by atoms with Gasteiger partial charge in [-0.25, -0.2) is 4.79 Å². The van der Waals surface area contributed by atoms with E-state index in [0.29, 0.717) is 16.9 Å². The first kappa shape index (κ1) is 28.0. The van der Waals surface area contributed by atoms with Crippen LogP contribution >= 0.6 is 11.6 Å². The van der Waals surface area contributed by atoms with Crippen LogP contribution in [0.4, 0.5) is 5.69 Å². The average Bonchev–Trinajstić information content (AvgIpc) is 2.80. The zero-order chi connectivity index (χ0) is 26.3. The van der Waals surface area contributed by atoms with Gasteiger partial charge in [-0.2, -0.15) is 0 Å². The van der Waals surface area contributed by atoms with Gasteiger partial charge in [0.15, 0.2) is 0 Å². The van der Waals surface area contributed by atoms with Gasteiger partial charge < -0.3 is 21.9 Å². The third-order valence-corrected chi connectivity index (χ3v) is 6.99. The second kappa shape index (κ2) is 11.9. The van der Waals surface area contributed by atoms with E-state index < -0.39 is 5.97 Å². The number of hydrogen-bond acceptors (Lipinski definition) is 5. The van der Waals surface area contributed by atoms with E-state index in [1.54, 1.807) is 32.2 Å². The number of aryl methyl sites for hydroxylation is 1. The Hall–Kier alpha value is -3.26. The number of nitrogens with one attached hydrogen (secondary N) is 1. The molecular formula is C26H36ClN5O3. The van der Waals surface area contributed by atoms with Gasteiger partial charge in [0, 0.05) is 24.3 Å². The highest BCUT2D eigenvalue weighted by atomic mass is 35.5. The molecule has 9 heteroatoms. The monoisotopic (exact) mass is 501 g/mol. The molecule has 0 spiro atoms. The van der Waals surface area contributed by atoms with E-state index in [2.05, 4.69) is 23.8 Å². The number of anilines is 1. The summed E-state index contributed by atoms with van der Waals surface area (Å²) in [4.78, 5) is 30.5. The number of rotatable bonds is 11. The summed E-state index contributed by atoms with van der Waals surface area (Å²) < 4.78 is 0. The van der Waals surface area contributed by atoms with Crippen LogP contribution < -0.4 is 16.8 Å². The molecule has 1 aromatic carbocycles. The molecule has 1 aliphatic rings. The van der Waals surface area contributed by atoms with Gasteiger partial charge in [-0.05, 0) is 61.8 Å². The van der Waals surface area contributed by atoms with Gasteiger partial charge in [-0.3, -0.25) is 14.7 Å². The van der Waals surface area contributed by atoms with Crippen molar-refractivity contribution in [2.24, 2.45) is 16.1 Å². The van der Waals surface area contributed by atoms with Crippen molar-refractivity contribution in [3.63, 3.8) is 0 Å². The zero-order valence-corrected chi connectivity index (χ0v) is 21.7. The fraction of sp³-hybridized carbons (Fsp3) is 0.423. The topological polar surface area (TPSA) is 134 Å². The predicted octanol–water partition coefficient (Wildman–Crippen LogP) is 4.30. The van der Waals surface area contributed by atoms with Crippen molar-refractivity contribution in [2.45, 2.75) is 53.0 Å². The molecule has 2 rings (SSSR count). The van der Waals surface area contributed by atoms with E-state index in [-0.39, 0.29) is 40.0 Å². The van der Waals surface area contributed by atoms with Crippen molar-refractivity contribution >= 4 is 35.0 Å². The minimum absolute atomic E-state index is 0.000361. The van der Waals surface area contributed by atoms with Gasteiger partial charge in [-0.1, -0.05) is 43.7 Å². The highest BCUT2D eigenvalue weighted by Gasteiger charge is 2.35. The van der Waals surface area contributed by atoms with Gasteiger partial charge >= 0.3 is 5.97 Å². The number of amides is 1. The van der Waals surface area contributed by atoms with E-state index in [1.165, 1.54) is 30.2 Å². The Balaban J connectivity index is 2.23. The van der Waals surface area contributed by atoms with Crippen molar-refractivity contribution in [3.05, 3.63) is 64.0 Å². The molecule has 8 nitrogen and oxygen atoms in total. The maximum absolute atomic E-state index is 13.3. The lowest BCUT2D eigenvalue weighted by molar-refractivity contribution is -0.132. The van der Waals surface area contributed by atoms with Gasteiger partial charge in [-0.15, -0.1) is 0 Å². The molecule has 1 aliphatic carbocycles. The van der Waals surface area contributed by atoms with Gasteiger partial charge in [0.1, 0.15) is 17.2 Å². The number of hydrogen-bond donors (Lipinski definition) is 4. The Bertz CT molecular complexity index is 1080. The van der Waals surface area contributed by atoms with Crippen molar-refractivity contribution < 1.29 is 14.7 Å². The minimum atomic E-state index is -1.25. The van der Waals surface area contributed by atoms with Crippen molar-refractivity contribution in [2.75, 3.05) is 19.3 Å². The first-order valence-corrected chi connectivity index (χ1v) is 12.0. The number of amidine groups is 1. The molecule has 0 saturated heterocycles. The second-order valence-corrected chi connectivity index (χ2v) is 9.43. The zero-order valence-electron chi connectivity index (χ0n) is 20.9. The highest BCUT2D eigenvalue weighted by molar-refractivity contribution is 6.32. The van der Waals surface area contributed by atoms with Crippen LogP contribution in [-0.2, 0) is 11.3 Å². The van der Waals surface area contributed by atoms with E-state index in [9.17, 15) is 14.7 Å². The van der Waals surface area contributed by atoms with Crippen LogP contribution in [0.2, 0.25) is 0 Å². The molecule has 0 aliphatic heterocycles. The Labute approximate surface area is 212 Å². The van der Waals surface area contributed by atoms with Crippen LogP contribution in [0.25, 0.3) is 0 Å². The molecule has 1 fully saturated rings. The maximum atomic E-state index is 13.3. The molecule has 0 heterocycles. The largest absolute Gasteiger partial charge is 0.478 e. The first-order valence-electron chi connectivity index (χ1n) is 11.6. The lowest BCUT2D eigenvalue weighted by Gasteiger charge is -2.42. The summed E-state index contributed by atoms with van der Waals surface area (Å²) in [6, 6.07) is 3.51. The number of nitrogens with zero attached hydrogens (tertiary/aromatic N) is 2. The van der Waals surface area contributed by atoms with E-state index in [0.717, 1.165) is 18.5 Å². The standard InChI is InChI=1S/C26H36ClN5O3/c1-6-19(27)13-21(25(34)35)23(29)30-14-18-11-16(3)12-20(22(18)28)24(33)32(5)17(4)31-15-26(7-2)9-8-10-26/h6,11-13,31H,4,7-10,14-15,28H2,1-3,5H3,(H2,29,30)(H,34,35)/b19-6+,21-13+. The number of aliphatic imine (C=N–C) groups is 1. The number of nitrogen functional groups attached to an aromatic ring is 1. The van der Waals surface area contributed by atoms with Crippen LogP contribution in [0, 0.1) is 12.3 Å². The summed E-state index contributed by atoms with van der Waals surface area (Å²) in [7, 11) is 1.66. The highest BCUT2D eigenvalue weighted by Crippen LogP contribution is 2.43. The summed E-state index contributed by atoms with van der Waals surface area (Å²) >= 11 is 5.93. The van der Waals surface area contributed by atoms with Crippen molar-refractivity contribution in [1.82, 2.24) is 10.2 Å². The van der Waals surface area contributed by atoms with E-state index in [1.807, 2.05) is 6.92 Å². The molecule has 1 saturated carbocycles. The van der Waals surface area contributed by atoms with Crippen molar-refractivity contribution in [1.29, 1.82) is 0 Å². The lowest BCUT2D eigenvalue weighted by Crippen LogP contribution is -2.42. The third-order valence-electron chi connectivity index (χ3n) is 6.67. The van der Waals surface area contributed by atoms with Crippen LogP contribution in [0.1, 0.15) is 61.0 Å². The summed E-state index contributed by atoms with van der Waals surface area (Å²) in [5.41, 5.74) is 14.3. The number of benzene rings is 1. The number of carbonyl (C=O) groups excluding carboxylic acids is 1. The predicted molar refractivity (Wildman–Crippen MR) is 142 cm³/mol. The quantitative estimate of drug-likeness (QED) is 0.117. The molecule has 1 amide bonds. The Kier molecular flexibility index (Phi) is 9.54. The number of halogens is 1. The summed E-state index contributed by atoms with van der Waals surface area (Å²) in [6.07, 6.45) is 7.46. The molecular weight excluding hydrogens is 466 g/mol. The van der Waals surface area contributed by atoms with Crippen molar-refractivity contribution in [3.8, 4) is 0 Å². The van der Waals surface area contributed by atoms with Crippen LogP contribution in [0.5, 0.6) is 0 Å². The minimum Gasteiger partial charge on any atom is -0.478 e. The number of carboxylic acid groups (broad SMARTS) is 1. The fourth-order valence-electron chi connectivity index (χ4n) is 3.95. The van der Waals surface area contributed by atoms with Crippen LogP contribution in [-0.4, -0.2) is 41.3 Å². The molecule has 0 radical (unpaired) electrons. The normalized spacial score (nSPS) is 15.9. The average molecular weight is 502 g/mol. The molecule has 35 heavy (non-hydrogen) atoms. The number of carboxylic acids is 1. The molecule has 0 atom stereocenters. The third kappa shape index (κ3) is 6.88. The van der Waals surface area contributed by atoms with Crippen LogP contribution in [0.3, 0.4) is 0 Å². The van der Waals surface area contributed by atoms with Gasteiger partial charge in [0.25, 0.3) is 5.91 Å². The number of carbonyl (C=O) groups is 2. The second-order valence-electron chi connectivity index (χ2n) is 8.99. The number of allylic oxidation sites excluding steroid dienone is 3. The molecule has 0 unspecified atom stereocenters. The van der Waals surface area contributed by atoms with Crippen LogP contribution in [0.15, 0.2) is 52.3 Å². The molecule has 6 N–H and O–H groups in total. The maximum Gasteiger partial charge on any atom is 0.339 e. The molecule has 190 valence electrons. The Morgan fingerprint density at radius 3 is 2.54 bits per heavy atom. The Morgan fingerprint density at radius 1 is 1.37 bits per heavy atom. The smallest absolute Gasteiger partial charge is 0.339 e. The molecule has 0 bridgehead atoms. The SMILES string of the molecule is C=C(NCC1(CC)CCC1)N(C)C(=O)c1cc(C)cc(CN=C(N)/C(=C\C(Cl)=C/C)C(=O)O)c1N. The molecule has 1 aromatic rings. The Morgan fingerprint density at radius 2 is 2.03 bits per heavy atom. The first-order chi connectivity index (χ1) is 16.4. The van der Waals surface area contributed by atoms with Gasteiger partial charge in [0.05, 0.1) is 12.1 Å². The number of nitrogens with two attached hydrogens (primary N) is 2. The number of aliphatic carboxylic acids is 1. The van der Waals surface area contributed by atoms with E-state index >= 15 is 0 Å². The lowest BCUT2D eigenvalue weighted by atomic mass is 9.67. The molecule has 0 aromatic heterocycles.